The molecule has 0 atom stereocenters. The van der Waals surface area contributed by atoms with Crippen molar-refractivity contribution in [2.45, 2.75) is 5.75 Å². The molecule has 0 fully saturated rings. The molecule has 2 nitrogen and oxygen atoms in total. The number of halogens is 1. The van der Waals surface area contributed by atoms with Gasteiger partial charge in [-0.15, -0.1) is 0 Å². The Kier molecular flexibility index (Phi) is 5.05. The summed E-state index contributed by atoms with van der Waals surface area (Å²) in [5.74, 6) is 0.882. The third kappa shape index (κ3) is 4.11. The molecule has 0 aromatic heterocycles. The smallest absolute Gasteiger partial charge is 0.255 e. The summed E-state index contributed by atoms with van der Waals surface area (Å²) in [5, 5.41) is 2.87. The largest absolute Gasteiger partial charge is 0.322 e. The van der Waals surface area contributed by atoms with E-state index in [1.165, 1.54) is 5.56 Å². The molecular formula is C15H14BrNOS. The molecule has 0 bridgehead atoms. The van der Waals surface area contributed by atoms with Gasteiger partial charge in [-0.05, 0) is 48.2 Å². The minimum absolute atomic E-state index is 0.0852. The van der Waals surface area contributed by atoms with Crippen LogP contribution in [0.2, 0.25) is 0 Å². The van der Waals surface area contributed by atoms with Gasteiger partial charge < -0.3 is 5.32 Å². The Bertz CT molecular complexity index is 551. The highest BCUT2D eigenvalue weighted by Gasteiger charge is 2.05. The van der Waals surface area contributed by atoms with E-state index in [1.54, 1.807) is 11.8 Å². The Morgan fingerprint density at radius 2 is 1.74 bits per heavy atom. The van der Waals surface area contributed by atoms with E-state index in [-0.39, 0.29) is 5.91 Å². The van der Waals surface area contributed by atoms with Crippen LogP contribution in [0.15, 0.2) is 53.0 Å². The number of hydrogen-bond donors (Lipinski definition) is 1. The highest BCUT2D eigenvalue weighted by Crippen LogP contribution is 2.16. The summed E-state index contributed by atoms with van der Waals surface area (Å²) in [6.07, 6.45) is 2.06. The lowest BCUT2D eigenvalue weighted by Gasteiger charge is -2.06. The van der Waals surface area contributed by atoms with Gasteiger partial charge in [-0.1, -0.05) is 28.1 Å². The number of rotatable bonds is 4. The van der Waals surface area contributed by atoms with Crippen LogP contribution in [-0.2, 0) is 5.75 Å². The van der Waals surface area contributed by atoms with Crippen molar-refractivity contribution < 1.29 is 4.79 Å². The van der Waals surface area contributed by atoms with Crippen LogP contribution in [-0.4, -0.2) is 12.2 Å². The van der Waals surface area contributed by atoms with Crippen LogP contribution in [0, 0.1) is 0 Å². The Labute approximate surface area is 125 Å². The van der Waals surface area contributed by atoms with Gasteiger partial charge in [0.2, 0.25) is 0 Å². The van der Waals surface area contributed by atoms with Crippen molar-refractivity contribution in [1.82, 2.24) is 0 Å². The zero-order valence-electron chi connectivity index (χ0n) is 10.5. The molecule has 2 rings (SSSR count). The van der Waals surface area contributed by atoms with E-state index in [0.29, 0.717) is 5.56 Å². The maximum Gasteiger partial charge on any atom is 0.255 e. The lowest BCUT2D eigenvalue weighted by atomic mass is 10.1. The molecule has 0 saturated carbocycles. The Morgan fingerprint density at radius 1 is 1.11 bits per heavy atom. The molecule has 1 N–H and O–H groups in total. The number of thioether (sulfide) groups is 1. The minimum atomic E-state index is -0.0852. The molecule has 19 heavy (non-hydrogen) atoms. The van der Waals surface area contributed by atoms with E-state index in [1.807, 2.05) is 48.5 Å². The topological polar surface area (TPSA) is 29.1 Å². The number of amides is 1. The molecule has 0 heterocycles. The zero-order chi connectivity index (χ0) is 13.7. The second-order valence-electron chi connectivity index (χ2n) is 4.09. The molecule has 2 aromatic carbocycles. The summed E-state index contributed by atoms with van der Waals surface area (Å²) >= 11 is 5.13. The second-order valence-corrected chi connectivity index (χ2v) is 5.87. The van der Waals surface area contributed by atoms with Gasteiger partial charge in [-0.25, -0.2) is 0 Å². The average molecular weight is 336 g/mol. The highest BCUT2D eigenvalue weighted by atomic mass is 79.9. The molecular weight excluding hydrogens is 322 g/mol. The van der Waals surface area contributed by atoms with Crippen molar-refractivity contribution in [3.63, 3.8) is 0 Å². The summed E-state index contributed by atoms with van der Waals surface area (Å²) in [6, 6.07) is 15.2. The first-order valence-corrected chi connectivity index (χ1v) is 8.02. The maximum absolute atomic E-state index is 12.0. The highest BCUT2D eigenvalue weighted by molar-refractivity contribution is 9.10. The van der Waals surface area contributed by atoms with Crippen molar-refractivity contribution in [1.29, 1.82) is 0 Å². The Balaban J connectivity index is 2.05. The summed E-state index contributed by atoms with van der Waals surface area (Å²) in [5.41, 5.74) is 2.70. The summed E-state index contributed by atoms with van der Waals surface area (Å²) in [6.45, 7) is 0. The molecule has 4 heteroatoms. The lowest BCUT2D eigenvalue weighted by Crippen LogP contribution is -2.11. The monoisotopic (exact) mass is 335 g/mol. The Hall–Kier alpha value is -1.26. The maximum atomic E-state index is 12.0. The van der Waals surface area contributed by atoms with Crippen LogP contribution in [0.1, 0.15) is 15.9 Å². The van der Waals surface area contributed by atoms with Crippen molar-refractivity contribution in [2.24, 2.45) is 0 Å². The van der Waals surface area contributed by atoms with Crippen molar-refractivity contribution in [3.05, 3.63) is 64.1 Å². The van der Waals surface area contributed by atoms with Crippen molar-refractivity contribution >= 4 is 39.3 Å². The summed E-state index contributed by atoms with van der Waals surface area (Å²) in [7, 11) is 0. The molecule has 0 aliphatic carbocycles. The molecule has 0 spiro atoms. The fourth-order valence-corrected chi connectivity index (χ4v) is 2.45. The number of hydrogen-bond acceptors (Lipinski definition) is 2. The fourth-order valence-electron chi connectivity index (χ4n) is 1.66. The summed E-state index contributed by atoms with van der Waals surface area (Å²) in [4.78, 5) is 12.0. The standard InChI is InChI=1S/C15H14BrNOS/c1-19-10-11-2-4-12(5-3-11)15(18)17-14-8-6-13(16)7-9-14/h2-9H,10H2,1H3,(H,17,18). The first-order valence-electron chi connectivity index (χ1n) is 5.84. The quantitative estimate of drug-likeness (QED) is 0.886. The number of benzene rings is 2. The second kappa shape index (κ2) is 6.78. The molecule has 0 radical (unpaired) electrons. The molecule has 98 valence electrons. The molecule has 0 unspecified atom stereocenters. The first-order chi connectivity index (χ1) is 9.19. The molecule has 0 aliphatic heterocycles. The van der Waals surface area contributed by atoms with E-state index < -0.39 is 0 Å². The van der Waals surface area contributed by atoms with Gasteiger partial charge in [0.05, 0.1) is 0 Å². The number of nitrogens with one attached hydrogen (secondary N) is 1. The predicted octanol–water partition coefficient (Wildman–Crippen LogP) is 4.56. The normalized spacial score (nSPS) is 10.2. The van der Waals surface area contributed by atoms with Gasteiger partial charge in [-0.2, -0.15) is 11.8 Å². The van der Waals surface area contributed by atoms with Gasteiger partial charge in [-0.3, -0.25) is 4.79 Å². The van der Waals surface area contributed by atoms with Crippen LogP contribution >= 0.6 is 27.7 Å². The number of anilines is 1. The van der Waals surface area contributed by atoms with Crippen molar-refractivity contribution in [2.75, 3.05) is 11.6 Å². The van der Waals surface area contributed by atoms with Gasteiger partial charge in [0, 0.05) is 21.5 Å². The van der Waals surface area contributed by atoms with Gasteiger partial charge in [0.1, 0.15) is 0 Å². The molecule has 1 amide bonds. The van der Waals surface area contributed by atoms with Gasteiger partial charge in [0.15, 0.2) is 0 Å². The third-order valence-electron chi connectivity index (χ3n) is 2.63. The van der Waals surface area contributed by atoms with Crippen LogP contribution in [0.3, 0.4) is 0 Å². The number of carbonyl (C=O) groups excluding carboxylic acids is 1. The fraction of sp³-hybridized carbons (Fsp3) is 0.133. The van der Waals surface area contributed by atoms with Crippen molar-refractivity contribution in [3.8, 4) is 0 Å². The van der Waals surface area contributed by atoms with E-state index >= 15 is 0 Å². The molecule has 2 aromatic rings. The molecule has 0 saturated heterocycles. The third-order valence-corrected chi connectivity index (χ3v) is 3.78. The SMILES string of the molecule is CSCc1ccc(C(=O)Nc2ccc(Br)cc2)cc1. The van der Waals surface area contributed by atoms with Gasteiger partial charge >= 0.3 is 0 Å². The van der Waals surface area contributed by atoms with Crippen LogP contribution in [0.25, 0.3) is 0 Å². The first kappa shape index (κ1) is 14.2. The van der Waals surface area contributed by atoms with Gasteiger partial charge in [0.25, 0.3) is 5.91 Å². The number of carbonyl (C=O) groups is 1. The minimum Gasteiger partial charge on any atom is -0.322 e. The Morgan fingerprint density at radius 3 is 2.32 bits per heavy atom. The zero-order valence-corrected chi connectivity index (χ0v) is 12.9. The molecule has 0 aliphatic rings. The van der Waals surface area contributed by atoms with Crippen LogP contribution in [0.4, 0.5) is 5.69 Å². The van der Waals surface area contributed by atoms with Crippen LogP contribution in [0.5, 0.6) is 0 Å². The summed E-state index contributed by atoms with van der Waals surface area (Å²) < 4.78 is 0.993. The van der Waals surface area contributed by atoms with Crippen LogP contribution < -0.4 is 5.32 Å². The van der Waals surface area contributed by atoms with E-state index in [0.717, 1.165) is 15.9 Å². The van der Waals surface area contributed by atoms with E-state index in [2.05, 4.69) is 27.5 Å². The average Bonchev–Trinajstić information content (AvgIpc) is 2.42. The van der Waals surface area contributed by atoms with E-state index in [4.69, 9.17) is 0 Å². The van der Waals surface area contributed by atoms with E-state index in [9.17, 15) is 4.79 Å². The lowest BCUT2D eigenvalue weighted by molar-refractivity contribution is 0.102. The predicted molar refractivity (Wildman–Crippen MR) is 85.8 cm³/mol.